The number of carbonyl (C=O) groups excluding carboxylic acids is 1. The summed E-state index contributed by atoms with van der Waals surface area (Å²) < 4.78 is 6.94. The van der Waals surface area contributed by atoms with Crippen LogP contribution in [0.2, 0.25) is 0 Å². The van der Waals surface area contributed by atoms with E-state index in [1.807, 2.05) is 48.5 Å². The molecule has 0 saturated carbocycles. The van der Waals surface area contributed by atoms with E-state index >= 15 is 0 Å². The molecule has 4 aromatic rings. The van der Waals surface area contributed by atoms with Crippen molar-refractivity contribution in [2.45, 2.75) is 31.5 Å². The molecule has 2 heterocycles. The Hall–Kier alpha value is -3.49. The number of hydrogen-bond acceptors (Lipinski definition) is 6. The lowest BCUT2D eigenvalue weighted by atomic mass is 10.1. The van der Waals surface area contributed by atoms with Crippen LogP contribution in [0, 0.1) is 11.3 Å². The second kappa shape index (κ2) is 13.5. The van der Waals surface area contributed by atoms with Gasteiger partial charge in [-0.25, -0.2) is 4.79 Å². The number of aliphatic hydroxyl groups excluding tert-OH is 1. The van der Waals surface area contributed by atoms with E-state index in [0.29, 0.717) is 36.3 Å². The minimum absolute atomic E-state index is 0. The maximum absolute atomic E-state index is 13.1. The lowest BCUT2D eigenvalue weighted by Crippen LogP contribution is -2.38. The van der Waals surface area contributed by atoms with E-state index in [1.165, 1.54) is 4.57 Å². The van der Waals surface area contributed by atoms with E-state index in [9.17, 15) is 14.7 Å². The third-order valence-corrected chi connectivity index (χ3v) is 6.75. The van der Waals surface area contributed by atoms with Gasteiger partial charge in [0.15, 0.2) is 5.58 Å². The third kappa shape index (κ3) is 7.34. The highest BCUT2D eigenvalue weighted by molar-refractivity contribution is 7.59. The third-order valence-electron chi connectivity index (χ3n) is 6.75. The Kier molecular flexibility index (Phi) is 10.4. The van der Waals surface area contributed by atoms with Crippen molar-refractivity contribution in [2.75, 3.05) is 19.6 Å². The number of β-amino-alcohol motifs (C(OH)–C–C–N with tert-alkyl or cyclic N) is 1. The second-order valence-corrected chi connectivity index (χ2v) is 9.47. The van der Waals surface area contributed by atoms with Crippen LogP contribution in [0.15, 0.2) is 82.0 Å². The van der Waals surface area contributed by atoms with Gasteiger partial charge in [0.1, 0.15) is 0 Å². The minimum atomic E-state index is -0.474. The molecule has 0 unspecified atom stereocenters. The molecule has 0 bridgehead atoms. The number of amides is 1. The SMILES string of the molecule is N#Cc1ccc(Cn2c(=O)oc3ccc(CC(=O)N[C@H](CN4CC[C@H](O)C4)c4ccccc4)cc32)cc1.S.S. The Labute approximate surface area is 240 Å². The number of nitriles is 1. The molecule has 1 fully saturated rings. The monoisotopic (exact) mass is 564 g/mol. The van der Waals surface area contributed by atoms with Crippen molar-refractivity contribution >= 4 is 44.0 Å². The van der Waals surface area contributed by atoms with Gasteiger partial charge in [0, 0.05) is 19.6 Å². The molecule has 1 saturated heterocycles. The Morgan fingerprint density at radius 3 is 2.46 bits per heavy atom. The Morgan fingerprint density at radius 1 is 1.08 bits per heavy atom. The first-order valence-electron chi connectivity index (χ1n) is 12.3. The molecule has 2 N–H and O–H groups in total. The first-order valence-corrected chi connectivity index (χ1v) is 12.3. The molecule has 3 aromatic carbocycles. The zero-order valence-corrected chi connectivity index (χ0v) is 23.3. The van der Waals surface area contributed by atoms with Crippen molar-refractivity contribution in [3.8, 4) is 6.07 Å². The normalized spacial score (nSPS) is 15.6. The van der Waals surface area contributed by atoms with E-state index in [1.54, 1.807) is 24.3 Å². The Bertz CT molecular complexity index is 1500. The zero-order chi connectivity index (χ0) is 25.8. The number of hydrogen-bond donors (Lipinski definition) is 2. The first kappa shape index (κ1) is 30.1. The van der Waals surface area contributed by atoms with Crippen LogP contribution in [0.1, 0.15) is 34.7 Å². The molecule has 5 rings (SSSR count). The first-order chi connectivity index (χ1) is 18.0. The zero-order valence-electron chi connectivity index (χ0n) is 21.3. The number of fused-ring (bicyclic) bond motifs is 1. The van der Waals surface area contributed by atoms with Crippen LogP contribution in [0.4, 0.5) is 0 Å². The summed E-state index contributed by atoms with van der Waals surface area (Å²) in [6.07, 6.45) is 0.568. The summed E-state index contributed by atoms with van der Waals surface area (Å²) in [6.45, 7) is 2.32. The van der Waals surface area contributed by atoms with Crippen LogP contribution in [0.3, 0.4) is 0 Å². The van der Waals surface area contributed by atoms with Gasteiger partial charge in [0.2, 0.25) is 5.91 Å². The fraction of sp³-hybridized carbons (Fsp3) is 0.276. The molecule has 1 amide bonds. The molecular weight excluding hydrogens is 532 g/mol. The fourth-order valence-electron chi connectivity index (χ4n) is 4.82. The van der Waals surface area contributed by atoms with Gasteiger partial charge in [0.05, 0.1) is 42.3 Å². The quantitative estimate of drug-likeness (QED) is 0.340. The summed E-state index contributed by atoms with van der Waals surface area (Å²) in [5, 5.41) is 22.1. The van der Waals surface area contributed by atoms with Gasteiger partial charge in [-0.1, -0.05) is 48.5 Å². The molecule has 0 radical (unpaired) electrons. The van der Waals surface area contributed by atoms with Crippen LogP contribution < -0.4 is 11.1 Å². The van der Waals surface area contributed by atoms with Crippen LogP contribution in [-0.4, -0.2) is 46.2 Å². The van der Waals surface area contributed by atoms with Crippen molar-refractivity contribution in [3.05, 3.63) is 106 Å². The van der Waals surface area contributed by atoms with Crippen LogP contribution in [-0.2, 0) is 17.8 Å². The standard InChI is InChI=1S/C29H28N4O4.2H2S/c30-16-20-6-8-21(9-7-20)17-33-26-14-22(10-11-27(26)37-29(33)36)15-28(35)31-25(23-4-2-1-3-5-23)19-32-13-12-24(34)18-32;;/h1-11,14,24-25,34H,12-13,15,17-19H2,(H,31,35);2*1H2/t24-,25+;;/m0../s1. The molecule has 10 heteroatoms. The molecule has 2 atom stereocenters. The summed E-state index contributed by atoms with van der Waals surface area (Å²) in [5.74, 6) is -0.602. The summed E-state index contributed by atoms with van der Waals surface area (Å²) in [7, 11) is 0. The van der Waals surface area contributed by atoms with Gasteiger partial charge in [-0.15, -0.1) is 0 Å². The average Bonchev–Trinajstić information content (AvgIpc) is 3.46. The van der Waals surface area contributed by atoms with Gasteiger partial charge in [-0.3, -0.25) is 14.3 Å². The molecular formula is C29H32N4O4S2. The van der Waals surface area contributed by atoms with Crippen molar-refractivity contribution in [1.29, 1.82) is 5.26 Å². The lowest BCUT2D eigenvalue weighted by Gasteiger charge is -2.25. The molecule has 204 valence electrons. The molecule has 8 nitrogen and oxygen atoms in total. The summed E-state index contributed by atoms with van der Waals surface area (Å²) in [4.78, 5) is 27.8. The number of aliphatic hydroxyl groups is 1. The van der Waals surface area contributed by atoms with Crippen LogP contribution >= 0.6 is 27.0 Å². The molecule has 1 aliphatic rings. The van der Waals surface area contributed by atoms with E-state index in [0.717, 1.165) is 29.7 Å². The number of nitrogens with one attached hydrogen (secondary N) is 1. The summed E-state index contributed by atoms with van der Waals surface area (Å²) >= 11 is 0. The van der Waals surface area contributed by atoms with Crippen molar-refractivity contribution in [2.24, 2.45) is 0 Å². The second-order valence-electron chi connectivity index (χ2n) is 9.47. The average molecular weight is 565 g/mol. The highest BCUT2D eigenvalue weighted by atomic mass is 32.1. The maximum atomic E-state index is 13.1. The van der Waals surface area contributed by atoms with Crippen LogP contribution in [0.25, 0.3) is 11.1 Å². The maximum Gasteiger partial charge on any atom is 0.420 e. The highest BCUT2D eigenvalue weighted by Crippen LogP contribution is 2.20. The highest BCUT2D eigenvalue weighted by Gasteiger charge is 2.25. The number of benzene rings is 3. The van der Waals surface area contributed by atoms with Crippen LogP contribution in [0.5, 0.6) is 0 Å². The molecule has 0 spiro atoms. The fourth-order valence-corrected chi connectivity index (χ4v) is 4.82. The smallest absolute Gasteiger partial charge is 0.408 e. The predicted octanol–water partition coefficient (Wildman–Crippen LogP) is 3.21. The molecule has 1 aromatic heterocycles. The minimum Gasteiger partial charge on any atom is -0.408 e. The number of carbonyl (C=O) groups is 1. The number of aromatic nitrogens is 1. The van der Waals surface area contributed by atoms with Crippen molar-refractivity contribution in [3.63, 3.8) is 0 Å². The van der Waals surface area contributed by atoms with Gasteiger partial charge < -0.3 is 14.8 Å². The number of nitrogens with zero attached hydrogens (tertiary/aromatic N) is 3. The van der Waals surface area contributed by atoms with E-state index in [4.69, 9.17) is 9.68 Å². The molecule has 1 aliphatic heterocycles. The molecule has 39 heavy (non-hydrogen) atoms. The van der Waals surface area contributed by atoms with Crippen molar-refractivity contribution in [1.82, 2.24) is 14.8 Å². The molecule has 0 aliphatic carbocycles. The van der Waals surface area contributed by atoms with Gasteiger partial charge in [-0.05, 0) is 47.4 Å². The number of oxazole rings is 1. The van der Waals surface area contributed by atoms with Gasteiger partial charge in [0.25, 0.3) is 0 Å². The van der Waals surface area contributed by atoms with Gasteiger partial charge >= 0.3 is 5.76 Å². The van der Waals surface area contributed by atoms with E-state index < -0.39 is 5.76 Å². The van der Waals surface area contributed by atoms with Crippen molar-refractivity contribution < 1.29 is 14.3 Å². The summed E-state index contributed by atoms with van der Waals surface area (Å²) in [5.41, 5.74) is 4.27. The topological polar surface area (TPSA) is 112 Å². The number of likely N-dealkylation sites (tertiary alicyclic amines) is 1. The lowest BCUT2D eigenvalue weighted by molar-refractivity contribution is -0.121. The largest absolute Gasteiger partial charge is 0.420 e. The van der Waals surface area contributed by atoms with Gasteiger partial charge in [-0.2, -0.15) is 32.3 Å². The predicted molar refractivity (Wildman–Crippen MR) is 160 cm³/mol. The van der Waals surface area contributed by atoms with E-state index in [2.05, 4.69) is 16.3 Å². The Morgan fingerprint density at radius 2 is 1.79 bits per heavy atom. The Balaban J connectivity index is 0.00000210. The van der Waals surface area contributed by atoms with E-state index in [-0.39, 0.29) is 51.5 Å². The summed E-state index contributed by atoms with van der Waals surface area (Å²) in [6, 6.07) is 24.1. The number of rotatable bonds is 8.